The molecule has 1 aliphatic carbocycles. The summed E-state index contributed by atoms with van der Waals surface area (Å²) in [6.45, 7) is 2.31. The molecule has 1 N–H and O–H groups in total. The summed E-state index contributed by atoms with van der Waals surface area (Å²) in [5.41, 5.74) is 0. The van der Waals surface area contributed by atoms with Crippen LogP contribution in [-0.2, 0) is 0 Å². The maximum absolute atomic E-state index is 5.74. The number of furan rings is 1. The van der Waals surface area contributed by atoms with Gasteiger partial charge in [0.1, 0.15) is 5.76 Å². The van der Waals surface area contributed by atoms with Crippen molar-refractivity contribution in [1.82, 2.24) is 5.32 Å². The topological polar surface area (TPSA) is 25.2 Å². The Morgan fingerprint density at radius 3 is 2.76 bits per heavy atom. The maximum atomic E-state index is 5.74. The smallest absolute Gasteiger partial charge is 0.169 e. The third kappa shape index (κ3) is 2.94. The SMILES string of the molecule is CCC1CCCCC1C(NC)c1ccc(Br)o1. The molecule has 3 heteroatoms. The predicted octanol–water partition coefficient (Wildman–Crippen LogP) is 4.52. The highest BCUT2D eigenvalue weighted by Crippen LogP contribution is 2.40. The van der Waals surface area contributed by atoms with Gasteiger partial charge in [-0.2, -0.15) is 0 Å². The fourth-order valence-corrected chi connectivity index (χ4v) is 3.56. The second-order valence-corrected chi connectivity index (χ2v) is 5.81. The average Bonchev–Trinajstić information content (AvgIpc) is 2.77. The van der Waals surface area contributed by atoms with Gasteiger partial charge in [0.2, 0.25) is 0 Å². The van der Waals surface area contributed by atoms with E-state index in [1.54, 1.807) is 0 Å². The summed E-state index contributed by atoms with van der Waals surface area (Å²) >= 11 is 3.39. The zero-order valence-electron chi connectivity index (χ0n) is 10.7. The second kappa shape index (κ2) is 6.05. The van der Waals surface area contributed by atoms with Gasteiger partial charge in [0, 0.05) is 0 Å². The molecule has 96 valence electrons. The lowest BCUT2D eigenvalue weighted by molar-refractivity contribution is 0.165. The highest BCUT2D eigenvalue weighted by molar-refractivity contribution is 9.10. The van der Waals surface area contributed by atoms with Gasteiger partial charge in [-0.05, 0) is 53.4 Å². The van der Waals surface area contributed by atoms with Gasteiger partial charge in [-0.3, -0.25) is 0 Å². The van der Waals surface area contributed by atoms with Gasteiger partial charge in [-0.1, -0.05) is 32.6 Å². The number of hydrogen-bond acceptors (Lipinski definition) is 2. The Labute approximate surface area is 112 Å². The lowest BCUT2D eigenvalue weighted by Gasteiger charge is -2.35. The minimum absolute atomic E-state index is 0.367. The number of halogens is 1. The number of nitrogens with one attached hydrogen (secondary N) is 1. The molecule has 17 heavy (non-hydrogen) atoms. The van der Waals surface area contributed by atoms with E-state index in [4.69, 9.17) is 4.42 Å². The zero-order chi connectivity index (χ0) is 12.3. The molecule has 1 aromatic rings. The largest absolute Gasteiger partial charge is 0.453 e. The molecule has 2 nitrogen and oxygen atoms in total. The summed E-state index contributed by atoms with van der Waals surface area (Å²) in [7, 11) is 2.04. The summed E-state index contributed by atoms with van der Waals surface area (Å²) in [5, 5.41) is 3.45. The van der Waals surface area contributed by atoms with Crippen LogP contribution < -0.4 is 5.32 Å². The minimum atomic E-state index is 0.367. The molecular formula is C14H22BrNO. The van der Waals surface area contributed by atoms with E-state index in [0.717, 1.165) is 22.3 Å². The molecule has 3 atom stereocenters. The Balaban J connectivity index is 2.16. The maximum Gasteiger partial charge on any atom is 0.169 e. The highest BCUT2D eigenvalue weighted by Gasteiger charge is 2.32. The van der Waals surface area contributed by atoms with Gasteiger partial charge in [0.05, 0.1) is 6.04 Å². The summed E-state index contributed by atoms with van der Waals surface area (Å²) in [6, 6.07) is 4.45. The van der Waals surface area contributed by atoms with Crippen LogP contribution in [0.4, 0.5) is 0 Å². The standard InChI is InChI=1S/C14H22BrNO/c1-3-10-6-4-5-7-11(10)14(16-2)12-8-9-13(15)17-12/h8-11,14,16H,3-7H2,1-2H3. The van der Waals surface area contributed by atoms with Crippen molar-refractivity contribution in [2.45, 2.75) is 45.1 Å². The fraction of sp³-hybridized carbons (Fsp3) is 0.714. The van der Waals surface area contributed by atoms with E-state index >= 15 is 0 Å². The molecule has 0 saturated heterocycles. The first kappa shape index (κ1) is 13.2. The zero-order valence-corrected chi connectivity index (χ0v) is 12.3. The van der Waals surface area contributed by atoms with Crippen LogP contribution in [0.2, 0.25) is 0 Å². The Morgan fingerprint density at radius 1 is 1.41 bits per heavy atom. The van der Waals surface area contributed by atoms with E-state index in [1.165, 1.54) is 32.1 Å². The predicted molar refractivity (Wildman–Crippen MR) is 73.9 cm³/mol. The molecule has 0 amide bonds. The first-order valence-electron chi connectivity index (χ1n) is 6.68. The molecule has 0 bridgehead atoms. The summed E-state index contributed by atoms with van der Waals surface area (Å²) < 4.78 is 6.57. The van der Waals surface area contributed by atoms with Crippen molar-refractivity contribution in [1.29, 1.82) is 0 Å². The lowest BCUT2D eigenvalue weighted by Crippen LogP contribution is -2.32. The molecule has 0 spiro atoms. The van der Waals surface area contributed by atoms with Crippen molar-refractivity contribution in [3.8, 4) is 0 Å². The first-order chi connectivity index (χ1) is 8.26. The highest BCUT2D eigenvalue weighted by atomic mass is 79.9. The van der Waals surface area contributed by atoms with E-state index in [1.807, 2.05) is 13.1 Å². The van der Waals surface area contributed by atoms with Crippen molar-refractivity contribution in [3.05, 3.63) is 22.6 Å². The van der Waals surface area contributed by atoms with Crippen molar-refractivity contribution < 1.29 is 4.42 Å². The van der Waals surface area contributed by atoms with Crippen LogP contribution in [0.5, 0.6) is 0 Å². The van der Waals surface area contributed by atoms with E-state index < -0.39 is 0 Å². The van der Waals surface area contributed by atoms with Gasteiger partial charge < -0.3 is 9.73 Å². The quantitative estimate of drug-likeness (QED) is 0.884. The summed E-state index contributed by atoms with van der Waals surface area (Å²) in [4.78, 5) is 0. The number of rotatable bonds is 4. The molecule has 3 unspecified atom stereocenters. The van der Waals surface area contributed by atoms with Crippen LogP contribution in [-0.4, -0.2) is 7.05 Å². The van der Waals surface area contributed by atoms with Crippen molar-refractivity contribution in [2.75, 3.05) is 7.05 Å². The number of hydrogen-bond donors (Lipinski definition) is 1. The fourth-order valence-electron chi connectivity index (χ4n) is 3.24. The van der Waals surface area contributed by atoms with E-state index in [2.05, 4.69) is 34.2 Å². The van der Waals surface area contributed by atoms with Gasteiger partial charge in [0.15, 0.2) is 4.67 Å². The molecule has 1 saturated carbocycles. The van der Waals surface area contributed by atoms with Gasteiger partial charge in [-0.25, -0.2) is 0 Å². The molecule has 0 radical (unpaired) electrons. The minimum Gasteiger partial charge on any atom is -0.453 e. The van der Waals surface area contributed by atoms with Crippen LogP contribution in [0.25, 0.3) is 0 Å². The molecule has 0 aromatic carbocycles. The molecule has 1 aromatic heterocycles. The van der Waals surface area contributed by atoms with Crippen LogP contribution in [0, 0.1) is 11.8 Å². The van der Waals surface area contributed by atoms with E-state index in [0.29, 0.717) is 6.04 Å². The second-order valence-electron chi connectivity index (χ2n) is 5.02. The summed E-state index contributed by atoms with van der Waals surface area (Å²) in [5.74, 6) is 2.63. The Hall–Kier alpha value is -0.280. The Morgan fingerprint density at radius 2 is 2.18 bits per heavy atom. The Bertz CT molecular complexity index is 350. The first-order valence-corrected chi connectivity index (χ1v) is 7.48. The van der Waals surface area contributed by atoms with Crippen LogP contribution in [0.1, 0.15) is 50.8 Å². The molecule has 2 rings (SSSR count). The van der Waals surface area contributed by atoms with Crippen molar-refractivity contribution >= 4 is 15.9 Å². The van der Waals surface area contributed by atoms with Crippen LogP contribution in [0.15, 0.2) is 21.2 Å². The molecule has 1 heterocycles. The van der Waals surface area contributed by atoms with Gasteiger partial charge in [0.25, 0.3) is 0 Å². The van der Waals surface area contributed by atoms with Crippen LogP contribution >= 0.6 is 15.9 Å². The third-order valence-corrected chi connectivity index (χ3v) is 4.56. The lowest BCUT2D eigenvalue weighted by atomic mass is 9.73. The molecule has 0 aliphatic heterocycles. The normalized spacial score (nSPS) is 27.0. The van der Waals surface area contributed by atoms with Gasteiger partial charge >= 0.3 is 0 Å². The van der Waals surface area contributed by atoms with Crippen molar-refractivity contribution in [2.24, 2.45) is 11.8 Å². The average molecular weight is 300 g/mol. The Kier molecular flexibility index (Phi) is 4.69. The van der Waals surface area contributed by atoms with Crippen molar-refractivity contribution in [3.63, 3.8) is 0 Å². The molecule has 1 fully saturated rings. The third-order valence-electron chi connectivity index (χ3n) is 4.13. The molecule has 1 aliphatic rings. The van der Waals surface area contributed by atoms with Crippen LogP contribution in [0.3, 0.4) is 0 Å². The summed E-state index contributed by atoms with van der Waals surface area (Å²) in [6.07, 6.45) is 6.74. The van der Waals surface area contributed by atoms with E-state index in [-0.39, 0.29) is 0 Å². The van der Waals surface area contributed by atoms with Gasteiger partial charge in [-0.15, -0.1) is 0 Å². The molecular weight excluding hydrogens is 278 g/mol. The van der Waals surface area contributed by atoms with E-state index in [9.17, 15) is 0 Å². The monoisotopic (exact) mass is 299 g/mol.